The zero-order chi connectivity index (χ0) is 15.8. The molecule has 118 valence electrons. The van der Waals surface area contributed by atoms with Gasteiger partial charge in [-0.3, -0.25) is 4.68 Å². The van der Waals surface area contributed by atoms with Crippen molar-refractivity contribution in [2.45, 2.75) is 13.0 Å². The minimum absolute atomic E-state index is 0.555. The molecule has 0 spiro atoms. The van der Waals surface area contributed by atoms with Crippen molar-refractivity contribution >= 4 is 34.7 Å². The van der Waals surface area contributed by atoms with Gasteiger partial charge >= 0.3 is 0 Å². The zero-order valence-electron chi connectivity index (χ0n) is 12.4. The summed E-state index contributed by atoms with van der Waals surface area (Å²) in [7, 11) is 1.68. The molecule has 7 heteroatoms. The number of nitrogens with one attached hydrogen (secondary N) is 2. The van der Waals surface area contributed by atoms with Gasteiger partial charge in [-0.05, 0) is 30.3 Å². The number of methoxy groups -OCH3 is 1. The number of benzene rings is 1. The van der Waals surface area contributed by atoms with Crippen molar-refractivity contribution in [3.05, 3.63) is 47.1 Å². The summed E-state index contributed by atoms with van der Waals surface area (Å²) < 4.78 is 6.80. The fourth-order valence-corrected chi connectivity index (χ4v) is 2.30. The minimum atomic E-state index is 0.555. The Labute approximate surface area is 140 Å². The number of hydrogen-bond acceptors (Lipinski definition) is 3. The molecular formula is C15H19ClN4OS. The van der Waals surface area contributed by atoms with Gasteiger partial charge in [0, 0.05) is 37.5 Å². The maximum absolute atomic E-state index is 6.15. The predicted octanol–water partition coefficient (Wildman–Crippen LogP) is 2.91. The summed E-state index contributed by atoms with van der Waals surface area (Å²) in [6.07, 6.45) is 2.79. The molecule has 0 saturated heterocycles. The molecule has 0 bridgehead atoms. The van der Waals surface area contributed by atoms with Crippen molar-refractivity contribution in [1.29, 1.82) is 0 Å². The molecule has 0 aliphatic rings. The number of halogens is 1. The first-order valence-electron chi connectivity index (χ1n) is 6.99. The lowest BCUT2D eigenvalue weighted by molar-refractivity contribution is 0.196. The Hall–Kier alpha value is -1.63. The second-order valence-electron chi connectivity index (χ2n) is 4.72. The highest BCUT2D eigenvalue weighted by Crippen LogP contribution is 2.16. The van der Waals surface area contributed by atoms with Gasteiger partial charge in [0.25, 0.3) is 0 Å². The molecule has 0 aliphatic carbocycles. The number of ether oxygens (including phenoxy) is 1. The van der Waals surface area contributed by atoms with Crippen LogP contribution < -0.4 is 10.6 Å². The van der Waals surface area contributed by atoms with Crippen LogP contribution in [-0.2, 0) is 11.3 Å². The lowest BCUT2D eigenvalue weighted by atomic mass is 10.2. The Bertz CT molecular complexity index is 617. The second kappa shape index (κ2) is 8.73. The highest BCUT2D eigenvalue weighted by atomic mass is 35.5. The van der Waals surface area contributed by atoms with Gasteiger partial charge in [0.1, 0.15) is 0 Å². The molecule has 0 fully saturated rings. The number of thiocarbonyl (C=S) groups is 1. The number of hydrogen-bond donors (Lipinski definition) is 2. The molecule has 1 aromatic carbocycles. The van der Waals surface area contributed by atoms with E-state index in [9.17, 15) is 0 Å². The molecule has 2 N–H and O–H groups in total. The van der Waals surface area contributed by atoms with Crippen LogP contribution in [-0.4, -0.2) is 35.2 Å². The number of aromatic nitrogens is 2. The van der Waals surface area contributed by atoms with Crippen LogP contribution in [0.15, 0.2) is 36.5 Å². The monoisotopic (exact) mass is 338 g/mol. The van der Waals surface area contributed by atoms with Crippen molar-refractivity contribution < 1.29 is 4.74 Å². The van der Waals surface area contributed by atoms with E-state index >= 15 is 0 Å². The maximum atomic E-state index is 6.15. The first-order valence-corrected chi connectivity index (χ1v) is 7.78. The molecule has 1 aromatic heterocycles. The van der Waals surface area contributed by atoms with Crippen LogP contribution >= 0.6 is 23.8 Å². The molecule has 0 atom stereocenters. The molecule has 22 heavy (non-hydrogen) atoms. The van der Waals surface area contributed by atoms with Crippen LogP contribution in [0, 0.1) is 0 Å². The van der Waals surface area contributed by atoms with E-state index in [1.807, 2.05) is 41.2 Å². The summed E-state index contributed by atoms with van der Waals surface area (Å²) in [6.45, 7) is 2.09. The molecule has 0 radical (unpaired) electrons. The molecule has 1 heterocycles. The highest BCUT2D eigenvalue weighted by Gasteiger charge is 2.04. The molecule has 2 rings (SSSR count). The van der Waals surface area contributed by atoms with E-state index in [0.29, 0.717) is 24.1 Å². The number of nitrogens with zero attached hydrogens (tertiary/aromatic N) is 2. The van der Waals surface area contributed by atoms with E-state index in [1.54, 1.807) is 7.11 Å². The number of rotatable bonds is 7. The molecular weight excluding hydrogens is 320 g/mol. The summed E-state index contributed by atoms with van der Waals surface area (Å²) in [4.78, 5) is 0. The van der Waals surface area contributed by atoms with Crippen LogP contribution in [0.5, 0.6) is 0 Å². The Balaban J connectivity index is 1.84. The minimum Gasteiger partial charge on any atom is -0.385 e. The SMILES string of the molecule is COCCCNC(=S)Nc1ccn(Cc2ccccc2Cl)n1. The molecule has 0 amide bonds. The highest BCUT2D eigenvalue weighted by molar-refractivity contribution is 7.80. The van der Waals surface area contributed by atoms with Crippen LogP contribution in [0.4, 0.5) is 5.82 Å². The van der Waals surface area contributed by atoms with Crippen LogP contribution in [0.1, 0.15) is 12.0 Å². The molecule has 5 nitrogen and oxygen atoms in total. The standard InChI is InChI=1S/C15H19ClN4OS/c1-21-10-4-8-17-15(22)18-14-7-9-20(19-14)11-12-5-2-3-6-13(12)16/h2-3,5-7,9H,4,8,10-11H2,1H3,(H2,17,18,19,22). The van der Waals surface area contributed by atoms with Gasteiger partial charge in [-0.15, -0.1) is 0 Å². The van der Waals surface area contributed by atoms with Crippen molar-refractivity contribution in [3.8, 4) is 0 Å². The van der Waals surface area contributed by atoms with E-state index in [4.69, 9.17) is 28.6 Å². The van der Waals surface area contributed by atoms with Gasteiger partial charge in [0.15, 0.2) is 10.9 Å². The van der Waals surface area contributed by atoms with Crippen molar-refractivity contribution in [2.75, 3.05) is 25.6 Å². The molecule has 0 aliphatic heterocycles. The first kappa shape index (κ1) is 16.7. The van der Waals surface area contributed by atoms with Gasteiger partial charge in [0.2, 0.25) is 0 Å². The van der Waals surface area contributed by atoms with Gasteiger partial charge in [-0.2, -0.15) is 5.10 Å². The molecule has 2 aromatic rings. The maximum Gasteiger partial charge on any atom is 0.171 e. The van der Waals surface area contributed by atoms with Crippen LogP contribution in [0.3, 0.4) is 0 Å². The summed E-state index contributed by atoms with van der Waals surface area (Å²) in [5.74, 6) is 0.705. The molecule has 0 saturated carbocycles. The van der Waals surface area contributed by atoms with Crippen LogP contribution in [0.25, 0.3) is 0 Å². The normalized spacial score (nSPS) is 10.5. The number of anilines is 1. The first-order chi connectivity index (χ1) is 10.7. The smallest absolute Gasteiger partial charge is 0.171 e. The second-order valence-corrected chi connectivity index (χ2v) is 5.53. The fraction of sp³-hybridized carbons (Fsp3) is 0.333. The van der Waals surface area contributed by atoms with E-state index in [1.165, 1.54) is 0 Å². The third-order valence-electron chi connectivity index (χ3n) is 2.98. The quantitative estimate of drug-likeness (QED) is 0.600. The third kappa shape index (κ3) is 5.29. The lowest BCUT2D eigenvalue weighted by Gasteiger charge is -2.08. The van der Waals surface area contributed by atoms with Gasteiger partial charge in [-0.1, -0.05) is 29.8 Å². The lowest BCUT2D eigenvalue weighted by Crippen LogP contribution is -2.30. The molecule has 0 unspecified atom stereocenters. The summed E-state index contributed by atoms with van der Waals surface area (Å²) >= 11 is 11.4. The Morgan fingerprint density at radius 1 is 1.36 bits per heavy atom. The Kier molecular flexibility index (Phi) is 6.64. The zero-order valence-corrected chi connectivity index (χ0v) is 14.0. The Morgan fingerprint density at radius 3 is 2.95 bits per heavy atom. The Morgan fingerprint density at radius 2 is 2.18 bits per heavy atom. The van der Waals surface area contributed by atoms with Crippen molar-refractivity contribution in [1.82, 2.24) is 15.1 Å². The summed E-state index contributed by atoms with van der Waals surface area (Å²) in [5, 5.41) is 11.9. The average Bonchev–Trinajstić information content (AvgIpc) is 2.93. The van der Waals surface area contributed by atoms with Crippen molar-refractivity contribution in [3.63, 3.8) is 0 Å². The van der Waals surface area contributed by atoms with Gasteiger partial charge < -0.3 is 15.4 Å². The van der Waals surface area contributed by atoms with E-state index in [-0.39, 0.29) is 0 Å². The topological polar surface area (TPSA) is 51.1 Å². The summed E-state index contributed by atoms with van der Waals surface area (Å²) in [5.41, 5.74) is 1.03. The summed E-state index contributed by atoms with van der Waals surface area (Å²) in [6, 6.07) is 9.61. The predicted molar refractivity (Wildman–Crippen MR) is 93.5 cm³/mol. The average molecular weight is 339 g/mol. The van der Waals surface area contributed by atoms with E-state index < -0.39 is 0 Å². The van der Waals surface area contributed by atoms with Crippen LogP contribution in [0.2, 0.25) is 5.02 Å². The van der Waals surface area contributed by atoms with Gasteiger partial charge in [0.05, 0.1) is 6.54 Å². The van der Waals surface area contributed by atoms with E-state index in [0.717, 1.165) is 23.6 Å². The largest absolute Gasteiger partial charge is 0.385 e. The fourth-order valence-electron chi connectivity index (χ4n) is 1.90. The third-order valence-corrected chi connectivity index (χ3v) is 3.60. The van der Waals surface area contributed by atoms with Gasteiger partial charge in [-0.25, -0.2) is 0 Å². The van der Waals surface area contributed by atoms with E-state index in [2.05, 4.69) is 15.7 Å². The van der Waals surface area contributed by atoms with Crippen molar-refractivity contribution in [2.24, 2.45) is 0 Å².